The van der Waals surface area contributed by atoms with E-state index in [0.29, 0.717) is 39.1 Å². The van der Waals surface area contributed by atoms with Gasteiger partial charge in [-0.3, -0.25) is 4.79 Å². The maximum Gasteiger partial charge on any atom is 0.253 e. The number of anilines is 1. The average Bonchev–Trinajstić information content (AvgIpc) is 3.17. The Balaban J connectivity index is 1.63. The van der Waals surface area contributed by atoms with E-state index in [-0.39, 0.29) is 11.7 Å². The number of aromatic hydroxyl groups is 1. The second-order valence-electron chi connectivity index (χ2n) is 6.98. The first kappa shape index (κ1) is 26.3. The summed E-state index contributed by atoms with van der Waals surface area (Å²) in [6.45, 7) is 6.49. The molecule has 0 fully saturated rings. The summed E-state index contributed by atoms with van der Waals surface area (Å²) < 4.78 is 3.17. The second kappa shape index (κ2) is 12.4. The van der Waals surface area contributed by atoms with E-state index in [4.69, 9.17) is 11.6 Å². The molecule has 0 aliphatic rings. The lowest BCUT2D eigenvalue weighted by molar-refractivity contribution is -0.120. The molecule has 2 aromatic carbocycles. The van der Waals surface area contributed by atoms with Crippen LogP contribution in [0, 0.1) is 0 Å². The summed E-state index contributed by atoms with van der Waals surface area (Å²) in [6, 6.07) is 10.8. The smallest absolute Gasteiger partial charge is 0.253 e. The van der Waals surface area contributed by atoms with Gasteiger partial charge in [0.1, 0.15) is 5.75 Å². The van der Waals surface area contributed by atoms with E-state index in [1.54, 1.807) is 37.3 Å². The van der Waals surface area contributed by atoms with Gasteiger partial charge in [0.05, 0.1) is 22.5 Å². The molecule has 0 spiro atoms. The molecule has 1 aromatic heterocycles. The molecule has 0 aliphatic heterocycles. The molecule has 34 heavy (non-hydrogen) atoms. The Morgan fingerprint density at radius 3 is 2.76 bits per heavy atom. The number of amides is 1. The van der Waals surface area contributed by atoms with Gasteiger partial charge < -0.3 is 15.0 Å². The number of nitrogens with one attached hydrogen (secondary N) is 2. The van der Waals surface area contributed by atoms with Crippen LogP contribution in [-0.4, -0.2) is 37.2 Å². The van der Waals surface area contributed by atoms with Crippen molar-refractivity contribution in [1.82, 2.24) is 20.2 Å². The van der Waals surface area contributed by atoms with Crippen LogP contribution < -0.4 is 10.7 Å². The first-order valence-electron chi connectivity index (χ1n) is 9.98. The van der Waals surface area contributed by atoms with Crippen molar-refractivity contribution in [3.63, 3.8) is 0 Å². The fourth-order valence-corrected chi connectivity index (χ4v) is 5.01. The molecule has 3 rings (SSSR count). The Kier molecular flexibility index (Phi) is 9.57. The predicted molar refractivity (Wildman–Crippen MR) is 144 cm³/mol. The van der Waals surface area contributed by atoms with Crippen molar-refractivity contribution in [3.8, 4) is 5.75 Å². The Hall–Kier alpha value is -2.34. The summed E-state index contributed by atoms with van der Waals surface area (Å²) >= 11 is 13.8. The van der Waals surface area contributed by atoms with Crippen LogP contribution in [0.1, 0.15) is 18.3 Å². The van der Waals surface area contributed by atoms with Crippen LogP contribution in [0.15, 0.2) is 68.3 Å². The van der Waals surface area contributed by atoms with Crippen molar-refractivity contribution >= 4 is 73.0 Å². The number of phenols is 1. The molecule has 1 amide bonds. The minimum absolute atomic E-state index is 0.0286. The third-order valence-corrected chi connectivity index (χ3v) is 6.88. The van der Waals surface area contributed by atoms with Gasteiger partial charge in [-0.2, -0.15) is 5.10 Å². The third-order valence-electron chi connectivity index (χ3n) is 4.49. The van der Waals surface area contributed by atoms with Crippen LogP contribution in [0.25, 0.3) is 0 Å². The molecule has 1 atom stereocenters. The number of benzene rings is 2. The zero-order valence-electron chi connectivity index (χ0n) is 18.0. The standard InChI is InChI=1S/C22H21Br2ClN6O2S/c1-3-8-31-19(12-26-17-6-4-16(25)5-7-17)28-30-22(31)34-13(2)21(33)29-27-11-14-9-15(23)10-18(24)20(14)32/h3-7,9-11,13,26,32H,1,8,12H2,2H3,(H,29,33)/b27-11+/t13-/m1/s1. The lowest BCUT2D eigenvalue weighted by Gasteiger charge is -2.12. The minimum Gasteiger partial charge on any atom is -0.506 e. The summed E-state index contributed by atoms with van der Waals surface area (Å²) in [4.78, 5) is 12.5. The molecule has 3 N–H and O–H groups in total. The van der Waals surface area contributed by atoms with Gasteiger partial charge in [0.2, 0.25) is 0 Å². The number of nitrogens with zero attached hydrogens (tertiary/aromatic N) is 4. The molecule has 8 nitrogen and oxygen atoms in total. The first-order valence-corrected chi connectivity index (χ1v) is 12.8. The van der Waals surface area contributed by atoms with Crippen molar-refractivity contribution < 1.29 is 9.90 Å². The van der Waals surface area contributed by atoms with Crippen molar-refractivity contribution in [2.24, 2.45) is 5.10 Å². The average molecular weight is 629 g/mol. The number of hydrogen-bond donors (Lipinski definition) is 3. The SMILES string of the molecule is C=CCn1c(CNc2ccc(Cl)cc2)nnc1S[C@H](C)C(=O)N/N=C/c1cc(Br)cc(Br)c1O. The summed E-state index contributed by atoms with van der Waals surface area (Å²) in [7, 11) is 0. The number of phenolic OH excluding ortho intramolecular Hbond substituents is 1. The molecule has 0 unspecified atom stereocenters. The van der Waals surface area contributed by atoms with Crippen LogP contribution in [0.3, 0.4) is 0 Å². The van der Waals surface area contributed by atoms with Crippen molar-refractivity contribution in [2.45, 2.75) is 30.4 Å². The number of aromatic nitrogens is 3. The van der Waals surface area contributed by atoms with Gasteiger partial charge in [-0.1, -0.05) is 45.4 Å². The summed E-state index contributed by atoms with van der Waals surface area (Å²) in [5.74, 6) is 0.420. The van der Waals surface area contributed by atoms with Gasteiger partial charge >= 0.3 is 0 Å². The molecule has 0 aliphatic carbocycles. The van der Waals surface area contributed by atoms with Crippen LogP contribution in [0.5, 0.6) is 5.75 Å². The molecule has 178 valence electrons. The number of carbonyl (C=O) groups excluding carboxylic acids is 1. The largest absolute Gasteiger partial charge is 0.506 e. The molecule has 0 saturated heterocycles. The number of rotatable bonds is 10. The molecular weight excluding hydrogens is 608 g/mol. The molecule has 0 bridgehead atoms. The van der Waals surface area contributed by atoms with Crippen LogP contribution in [0.2, 0.25) is 5.02 Å². The Bertz CT molecular complexity index is 1200. The van der Waals surface area contributed by atoms with E-state index in [0.717, 1.165) is 10.2 Å². The van der Waals surface area contributed by atoms with E-state index >= 15 is 0 Å². The highest BCUT2D eigenvalue weighted by atomic mass is 79.9. The Labute approximate surface area is 223 Å². The van der Waals surface area contributed by atoms with Crippen molar-refractivity contribution in [2.75, 3.05) is 5.32 Å². The summed E-state index contributed by atoms with van der Waals surface area (Å²) in [6.07, 6.45) is 3.12. The number of halogens is 3. The zero-order valence-corrected chi connectivity index (χ0v) is 22.7. The summed E-state index contributed by atoms with van der Waals surface area (Å²) in [5, 5.41) is 26.6. The van der Waals surface area contributed by atoms with Gasteiger partial charge in [-0.05, 0) is 59.3 Å². The zero-order chi connectivity index (χ0) is 24.7. The highest BCUT2D eigenvalue weighted by Crippen LogP contribution is 2.30. The molecule has 1 heterocycles. The molecule has 0 radical (unpaired) electrons. The molecular formula is C22H21Br2ClN6O2S. The van der Waals surface area contributed by atoms with E-state index in [1.165, 1.54) is 18.0 Å². The van der Waals surface area contributed by atoms with E-state index in [9.17, 15) is 9.90 Å². The van der Waals surface area contributed by atoms with E-state index in [1.807, 2.05) is 16.7 Å². The highest BCUT2D eigenvalue weighted by Gasteiger charge is 2.19. The van der Waals surface area contributed by atoms with Gasteiger partial charge in [0.25, 0.3) is 5.91 Å². The van der Waals surface area contributed by atoms with Crippen LogP contribution in [0.4, 0.5) is 5.69 Å². The predicted octanol–water partition coefficient (Wildman–Crippen LogP) is 5.59. The van der Waals surface area contributed by atoms with E-state index < -0.39 is 5.25 Å². The Morgan fingerprint density at radius 2 is 2.06 bits per heavy atom. The number of allylic oxidation sites excluding steroid dienone is 1. The maximum atomic E-state index is 12.5. The fourth-order valence-electron chi connectivity index (χ4n) is 2.75. The van der Waals surface area contributed by atoms with Crippen molar-refractivity contribution in [1.29, 1.82) is 0 Å². The molecule has 0 saturated carbocycles. The van der Waals surface area contributed by atoms with Gasteiger partial charge in [-0.15, -0.1) is 16.8 Å². The van der Waals surface area contributed by atoms with Gasteiger partial charge in [0.15, 0.2) is 11.0 Å². The van der Waals surface area contributed by atoms with Gasteiger partial charge in [0, 0.05) is 27.3 Å². The van der Waals surface area contributed by atoms with Crippen molar-refractivity contribution in [3.05, 3.63) is 74.4 Å². The normalized spacial score (nSPS) is 12.0. The Morgan fingerprint density at radius 1 is 1.32 bits per heavy atom. The molecule has 3 aromatic rings. The second-order valence-corrected chi connectivity index (χ2v) is 10.5. The number of hydrazone groups is 1. The fraction of sp³-hybridized carbons (Fsp3) is 0.182. The topological polar surface area (TPSA) is 104 Å². The lowest BCUT2D eigenvalue weighted by Crippen LogP contribution is -2.27. The van der Waals surface area contributed by atoms with Crippen LogP contribution in [-0.2, 0) is 17.9 Å². The van der Waals surface area contributed by atoms with E-state index in [2.05, 4.69) is 64.5 Å². The monoisotopic (exact) mass is 626 g/mol. The molecule has 12 heteroatoms. The number of thioether (sulfide) groups is 1. The third kappa shape index (κ3) is 7.08. The highest BCUT2D eigenvalue weighted by molar-refractivity contribution is 9.11. The lowest BCUT2D eigenvalue weighted by atomic mass is 10.2. The summed E-state index contributed by atoms with van der Waals surface area (Å²) in [5.41, 5.74) is 3.85. The first-order chi connectivity index (χ1) is 16.3. The maximum absolute atomic E-state index is 12.5. The number of carbonyl (C=O) groups is 1. The minimum atomic E-state index is -0.496. The van der Waals surface area contributed by atoms with Crippen LogP contribution >= 0.6 is 55.2 Å². The number of hydrogen-bond acceptors (Lipinski definition) is 7. The van der Waals surface area contributed by atoms with Gasteiger partial charge in [-0.25, -0.2) is 5.43 Å². The quantitative estimate of drug-likeness (QED) is 0.117.